The van der Waals surface area contributed by atoms with Crippen molar-refractivity contribution in [1.29, 1.82) is 0 Å². The molecule has 2 aromatic rings. The molecule has 2 saturated heterocycles. The highest BCUT2D eigenvalue weighted by Crippen LogP contribution is 2.34. The molecule has 2 aromatic carbocycles. The number of rotatable bonds is 8. The van der Waals surface area contributed by atoms with Gasteiger partial charge in [0, 0.05) is 30.9 Å². The zero-order chi connectivity index (χ0) is 24.2. The predicted octanol–water partition coefficient (Wildman–Crippen LogP) is 3.64. The van der Waals surface area contributed by atoms with Crippen LogP contribution in [0.3, 0.4) is 0 Å². The van der Waals surface area contributed by atoms with E-state index in [1.54, 1.807) is 4.90 Å². The Morgan fingerprint density at radius 2 is 1.88 bits per heavy atom. The highest BCUT2D eigenvalue weighted by Gasteiger charge is 2.36. The van der Waals surface area contributed by atoms with Crippen LogP contribution in [0.15, 0.2) is 48.5 Å². The van der Waals surface area contributed by atoms with E-state index < -0.39 is 5.92 Å². The summed E-state index contributed by atoms with van der Waals surface area (Å²) in [5.74, 6) is -0.571. The number of benzene rings is 2. The first-order valence-electron chi connectivity index (χ1n) is 12.2. The first kappa shape index (κ1) is 24.0. The minimum atomic E-state index is -0.421. The van der Waals surface area contributed by atoms with E-state index in [2.05, 4.69) is 30.1 Å². The van der Waals surface area contributed by atoms with Crippen LogP contribution < -0.4 is 16.0 Å². The van der Waals surface area contributed by atoms with E-state index in [-0.39, 0.29) is 30.2 Å². The van der Waals surface area contributed by atoms with Gasteiger partial charge in [0.1, 0.15) is 0 Å². The van der Waals surface area contributed by atoms with Crippen LogP contribution in [0.25, 0.3) is 0 Å². The van der Waals surface area contributed by atoms with Gasteiger partial charge in [0.2, 0.25) is 17.7 Å². The minimum Gasteiger partial charge on any atom is -0.368 e. The summed E-state index contributed by atoms with van der Waals surface area (Å²) in [4.78, 5) is 41.7. The third kappa shape index (κ3) is 4.99. The summed E-state index contributed by atoms with van der Waals surface area (Å²) in [7, 11) is 0. The summed E-state index contributed by atoms with van der Waals surface area (Å²) >= 11 is 0. The largest absolute Gasteiger partial charge is 0.368 e. The topological polar surface area (TPSA) is 95.7 Å². The van der Waals surface area contributed by atoms with Crippen LogP contribution in [-0.2, 0) is 20.9 Å². The van der Waals surface area contributed by atoms with E-state index in [0.717, 1.165) is 42.6 Å². The highest BCUT2D eigenvalue weighted by atomic mass is 16.2. The fraction of sp³-hybridized carbons (Fsp3) is 0.444. The van der Waals surface area contributed by atoms with Gasteiger partial charge in [-0.15, -0.1) is 0 Å². The number of carbonyl (C=O) groups excluding carboxylic acids is 3. The van der Waals surface area contributed by atoms with Crippen molar-refractivity contribution in [3.63, 3.8) is 0 Å². The molecule has 0 aromatic heterocycles. The van der Waals surface area contributed by atoms with Crippen molar-refractivity contribution in [3.8, 4) is 0 Å². The van der Waals surface area contributed by atoms with Crippen molar-refractivity contribution in [1.82, 2.24) is 4.90 Å². The van der Waals surface area contributed by atoms with E-state index in [9.17, 15) is 14.4 Å². The van der Waals surface area contributed by atoms with Gasteiger partial charge >= 0.3 is 0 Å². The van der Waals surface area contributed by atoms with E-state index in [0.29, 0.717) is 24.7 Å². The van der Waals surface area contributed by atoms with E-state index in [1.807, 2.05) is 42.5 Å². The molecule has 7 nitrogen and oxygen atoms in total. The molecule has 0 bridgehead atoms. The predicted molar refractivity (Wildman–Crippen MR) is 133 cm³/mol. The molecule has 2 aliphatic rings. The minimum absolute atomic E-state index is 0.0226. The van der Waals surface area contributed by atoms with E-state index in [4.69, 9.17) is 5.73 Å². The lowest BCUT2D eigenvalue weighted by Gasteiger charge is -2.24. The number of primary amides is 1. The maximum Gasteiger partial charge on any atom is 0.234 e. The molecule has 3 atom stereocenters. The molecule has 180 valence electrons. The van der Waals surface area contributed by atoms with E-state index in [1.165, 1.54) is 0 Å². The molecule has 4 rings (SSSR count). The van der Waals surface area contributed by atoms with Crippen LogP contribution in [0, 0.1) is 5.92 Å². The second-order valence-electron chi connectivity index (χ2n) is 9.45. The Morgan fingerprint density at radius 1 is 1.15 bits per heavy atom. The Balaban J connectivity index is 1.47. The Morgan fingerprint density at radius 3 is 2.65 bits per heavy atom. The maximum atomic E-state index is 13.2. The van der Waals surface area contributed by atoms with Crippen LogP contribution in [0.5, 0.6) is 0 Å². The molecule has 2 aliphatic heterocycles. The third-order valence-corrected chi connectivity index (χ3v) is 7.21. The molecule has 0 aliphatic carbocycles. The number of hydrogen-bond donors (Lipinski definition) is 2. The number of hydrogen-bond acceptors (Lipinski definition) is 4. The summed E-state index contributed by atoms with van der Waals surface area (Å²) in [5.41, 5.74) is 9.27. The number of nitrogens with two attached hydrogens (primary N) is 1. The van der Waals surface area contributed by atoms with Crippen LogP contribution >= 0.6 is 0 Å². The van der Waals surface area contributed by atoms with E-state index >= 15 is 0 Å². The summed E-state index contributed by atoms with van der Waals surface area (Å²) in [6, 6.07) is 15.3. The highest BCUT2D eigenvalue weighted by molar-refractivity contribution is 6.04. The number of anilines is 2. The van der Waals surface area contributed by atoms with Crippen LogP contribution in [0.1, 0.15) is 56.6 Å². The normalized spacial score (nSPS) is 21.6. The Hall–Kier alpha value is -3.19. The monoisotopic (exact) mass is 462 g/mol. The van der Waals surface area contributed by atoms with Crippen molar-refractivity contribution < 1.29 is 14.4 Å². The Labute approximate surface area is 201 Å². The van der Waals surface area contributed by atoms with Crippen LogP contribution in [0.2, 0.25) is 0 Å². The first-order chi connectivity index (χ1) is 16.4. The molecular formula is C27H34N4O3. The lowest BCUT2D eigenvalue weighted by atomic mass is 9.96. The number of amides is 3. The average molecular weight is 463 g/mol. The molecule has 0 saturated carbocycles. The fourth-order valence-electron chi connectivity index (χ4n) is 5.06. The lowest BCUT2D eigenvalue weighted by molar-refractivity contribution is -0.122. The second kappa shape index (κ2) is 10.4. The second-order valence-corrected chi connectivity index (χ2v) is 9.45. The van der Waals surface area contributed by atoms with Gasteiger partial charge in [-0.25, -0.2) is 0 Å². The molecule has 0 spiro atoms. The van der Waals surface area contributed by atoms with Gasteiger partial charge in [0.25, 0.3) is 0 Å². The summed E-state index contributed by atoms with van der Waals surface area (Å²) in [5, 5.41) is 3.05. The van der Waals surface area contributed by atoms with Crippen molar-refractivity contribution in [2.24, 2.45) is 11.7 Å². The molecule has 3 amide bonds. The van der Waals surface area contributed by atoms with Gasteiger partial charge in [-0.3, -0.25) is 19.3 Å². The quantitative estimate of drug-likeness (QED) is 0.626. The number of para-hydroxylation sites is 2. The van der Waals surface area contributed by atoms with Crippen molar-refractivity contribution in [2.45, 2.75) is 58.0 Å². The van der Waals surface area contributed by atoms with Gasteiger partial charge in [-0.2, -0.15) is 0 Å². The van der Waals surface area contributed by atoms with Crippen LogP contribution in [0.4, 0.5) is 11.4 Å². The van der Waals surface area contributed by atoms with Crippen molar-refractivity contribution in [2.75, 3.05) is 23.3 Å². The van der Waals surface area contributed by atoms with Gasteiger partial charge in [-0.1, -0.05) is 50.2 Å². The van der Waals surface area contributed by atoms with Crippen molar-refractivity contribution in [3.05, 3.63) is 59.7 Å². The smallest absolute Gasteiger partial charge is 0.234 e. The first-order valence-corrected chi connectivity index (χ1v) is 12.2. The lowest BCUT2D eigenvalue weighted by Crippen LogP contribution is -2.40. The van der Waals surface area contributed by atoms with Crippen LogP contribution in [-0.4, -0.2) is 41.8 Å². The summed E-state index contributed by atoms with van der Waals surface area (Å²) in [6.07, 6.45) is 2.87. The molecule has 0 radical (unpaired) electrons. The number of nitrogens with one attached hydrogen (secondary N) is 1. The number of likely N-dealkylation sites (tertiary alicyclic amines) is 1. The fourth-order valence-corrected chi connectivity index (χ4v) is 5.06. The van der Waals surface area contributed by atoms with Gasteiger partial charge < -0.3 is 16.0 Å². The number of carbonyl (C=O) groups is 3. The Kier molecular flexibility index (Phi) is 7.32. The molecule has 7 heteroatoms. The molecule has 3 N–H and O–H groups in total. The van der Waals surface area contributed by atoms with Gasteiger partial charge in [-0.05, 0) is 55.0 Å². The summed E-state index contributed by atoms with van der Waals surface area (Å²) in [6.45, 7) is 6.01. The molecule has 3 unspecified atom stereocenters. The third-order valence-electron chi connectivity index (χ3n) is 7.21. The molecule has 2 fully saturated rings. The number of nitrogens with zero attached hydrogens (tertiary/aromatic N) is 2. The van der Waals surface area contributed by atoms with Gasteiger partial charge in [0.15, 0.2) is 0 Å². The zero-order valence-electron chi connectivity index (χ0n) is 20.0. The summed E-state index contributed by atoms with van der Waals surface area (Å²) < 4.78 is 0. The molecule has 34 heavy (non-hydrogen) atoms. The standard InChI is InChI=1S/C27H34N4O3/c1-3-18(2)21-10-5-7-12-23(21)31-17-20(15-25(31)32)27(34)29-22-11-6-4-9-19(22)16-30-14-8-13-24(30)26(28)33/h4-7,9-12,18,20,24H,3,8,13-17H2,1-2H3,(H2,28,33)(H,29,34). The van der Waals surface area contributed by atoms with Crippen molar-refractivity contribution >= 4 is 29.1 Å². The molecular weight excluding hydrogens is 428 g/mol. The maximum absolute atomic E-state index is 13.2. The SMILES string of the molecule is CCC(C)c1ccccc1N1CC(C(=O)Nc2ccccc2CN2CCCC2C(N)=O)CC1=O. The molecule has 2 heterocycles. The zero-order valence-corrected chi connectivity index (χ0v) is 20.0. The Bertz CT molecular complexity index is 1070. The average Bonchev–Trinajstić information content (AvgIpc) is 3.46. The van der Waals surface area contributed by atoms with Gasteiger partial charge in [0.05, 0.1) is 12.0 Å².